The molecule has 1 aliphatic rings. The van der Waals surface area contributed by atoms with Gasteiger partial charge in [0.25, 0.3) is 5.91 Å². The van der Waals surface area contributed by atoms with Crippen molar-refractivity contribution >= 4 is 23.5 Å². The molecule has 2 rings (SSSR count). The molecule has 0 bridgehead atoms. The lowest BCUT2D eigenvalue weighted by molar-refractivity contribution is -0.150. The van der Waals surface area contributed by atoms with Crippen molar-refractivity contribution in [2.75, 3.05) is 5.32 Å². The van der Waals surface area contributed by atoms with E-state index in [1.54, 1.807) is 0 Å². The third-order valence-corrected chi connectivity index (χ3v) is 3.05. The number of aliphatic carboxylic acids is 1. The van der Waals surface area contributed by atoms with Crippen molar-refractivity contribution in [1.82, 2.24) is 0 Å². The van der Waals surface area contributed by atoms with Crippen molar-refractivity contribution in [3.05, 3.63) is 29.6 Å². The number of carbonyl (C=O) groups excluding carboxylic acids is 1. The Balaban J connectivity index is 2.05. The maximum absolute atomic E-state index is 13.2. The van der Waals surface area contributed by atoms with E-state index in [9.17, 15) is 18.8 Å². The van der Waals surface area contributed by atoms with Crippen LogP contribution < -0.4 is 5.32 Å². The van der Waals surface area contributed by atoms with Gasteiger partial charge in [-0.15, -0.1) is 0 Å². The number of carboxylic acids is 2. The average Bonchev–Trinajstić information content (AvgIpc) is 2.90. The summed E-state index contributed by atoms with van der Waals surface area (Å²) in [5.41, 5.74) is -0.468. The van der Waals surface area contributed by atoms with E-state index in [1.165, 1.54) is 6.07 Å². The molecule has 2 atom stereocenters. The molecule has 1 fully saturated rings. The Kier molecular flexibility index (Phi) is 4.18. The highest BCUT2D eigenvalue weighted by molar-refractivity contribution is 5.96. The van der Waals surface area contributed by atoms with Gasteiger partial charge in [0, 0.05) is 5.69 Å². The molecule has 21 heavy (non-hydrogen) atoms. The quantitative estimate of drug-likeness (QED) is 0.767. The van der Waals surface area contributed by atoms with Gasteiger partial charge in [0.05, 0.1) is 5.56 Å². The van der Waals surface area contributed by atoms with Crippen LogP contribution in [0.3, 0.4) is 0 Å². The van der Waals surface area contributed by atoms with Crippen molar-refractivity contribution in [1.29, 1.82) is 0 Å². The molecule has 1 aromatic carbocycles. The van der Waals surface area contributed by atoms with Gasteiger partial charge < -0.3 is 20.3 Å². The number of benzene rings is 1. The summed E-state index contributed by atoms with van der Waals surface area (Å²) < 4.78 is 18.3. The maximum Gasteiger partial charge on any atom is 0.338 e. The number of carbonyl (C=O) groups is 3. The van der Waals surface area contributed by atoms with Gasteiger partial charge in [0.2, 0.25) is 0 Å². The van der Waals surface area contributed by atoms with Gasteiger partial charge in [-0.05, 0) is 31.0 Å². The van der Waals surface area contributed by atoms with Gasteiger partial charge in [-0.25, -0.2) is 14.0 Å². The number of aromatic carboxylic acids is 1. The second-order valence-electron chi connectivity index (χ2n) is 4.52. The van der Waals surface area contributed by atoms with Crippen LogP contribution in [-0.2, 0) is 14.3 Å². The number of amides is 1. The molecule has 0 saturated carbocycles. The first-order valence-corrected chi connectivity index (χ1v) is 6.10. The highest BCUT2D eigenvalue weighted by Gasteiger charge is 2.34. The van der Waals surface area contributed by atoms with E-state index >= 15 is 0 Å². The second-order valence-corrected chi connectivity index (χ2v) is 4.52. The van der Waals surface area contributed by atoms with E-state index in [1.807, 2.05) is 0 Å². The number of ether oxygens (including phenoxy) is 1. The molecule has 0 aromatic heterocycles. The first-order chi connectivity index (χ1) is 9.88. The van der Waals surface area contributed by atoms with Gasteiger partial charge in [0.1, 0.15) is 11.9 Å². The van der Waals surface area contributed by atoms with Gasteiger partial charge in [-0.3, -0.25) is 4.79 Å². The first-order valence-electron chi connectivity index (χ1n) is 6.10. The molecule has 0 spiro atoms. The van der Waals surface area contributed by atoms with Crippen molar-refractivity contribution in [2.24, 2.45) is 0 Å². The summed E-state index contributed by atoms with van der Waals surface area (Å²) in [6.07, 6.45) is -1.49. The summed E-state index contributed by atoms with van der Waals surface area (Å²) in [6.45, 7) is 0. The Labute approximate surface area is 118 Å². The summed E-state index contributed by atoms with van der Waals surface area (Å²) in [4.78, 5) is 33.4. The van der Waals surface area contributed by atoms with Crippen LogP contribution >= 0.6 is 0 Å². The number of hydrogen-bond acceptors (Lipinski definition) is 4. The largest absolute Gasteiger partial charge is 0.479 e. The Morgan fingerprint density at radius 2 is 1.86 bits per heavy atom. The fourth-order valence-electron chi connectivity index (χ4n) is 2.00. The maximum atomic E-state index is 13.2. The smallest absolute Gasteiger partial charge is 0.338 e. The van der Waals surface area contributed by atoms with Crippen molar-refractivity contribution < 1.29 is 33.7 Å². The Morgan fingerprint density at radius 3 is 2.43 bits per heavy atom. The van der Waals surface area contributed by atoms with Crippen LogP contribution in [0.15, 0.2) is 18.2 Å². The fraction of sp³-hybridized carbons (Fsp3) is 0.308. The number of halogens is 1. The number of nitrogens with one attached hydrogen (secondary N) is 1. The van der Waals surface area contributed by atoms with E-state index in [0.29, 0.717) is 0 Å². The van der Waals surface area contributed by atoms with Gasteiger partial charge >= 0.3 is 11.9 Å². The lowest BCUT2D eigenvalue weighted by Gasteiger charge is -2.12. The molecule has 1 saturated heterocycles. The molecular weight excluding hydrogens is 285 g/mol. The summed E-state index contributed by atoms with van der Waals surface area (Å²) in [7, 11) is 0. The number of anilines is 1. The molecule has 1 aromatic rings. The molecular formula is C13H12FNO6. The fourth-order valence-corrected chi connectivity index (χ4v) is 2.00. The van der Waals surface area contributed by atoms with Crippen LogP contribution in [0, 0.1) is 5.82 Å². The first kappa shape index (κ1) is 14.9. The number of carboxylic acid groups (broad SMARTS) is 2. The minimum atomic E-state index is -1.45. The zero-order valence-electron chi connectivity index (χ0n) is 10.7. The van der Waals surface area contributed by atoms with Gasteiger partial charge in [-0.2, -0.15) is 0 Å². The minimum absolute atomic E-state index is 0.0983. The third-order valence-electron chi connectivity index (χ3n) is 3.05. The Hall–Kier alpha value is -2.48. The van der Waals surface area contributed by atoms with Crippen molar-refractivity contribution in [2.45, 2.75) is 25.0 Å². The summed E-state index contributed by atoms with van der Waals surface area (Å²) >= 11 is 0. The highest BCUT2D eigenvalue weighted by Crippen LogP contribution is 2.22. The van der Waals surface area contributed by atoms with Crippen LogP contribution in [0.1, 0.15) is 23.2 Å². The van der Waals surface area contributed by atoms with E-state index in [0.717, 1.165) is 12.1 Å². The molecule has 0 radical (unpaired) electrons. The molecule has 112 valence electrons. The topological polar surface area (TPSA) is 113 Å². The normalized spacial score (nSPS) is 21.0. The van der Waals surface area contributed by atoms with E-state index in [2.05, 4.69) is 5.32 Å². The Bertz CT molecular complexity index is 602. The molecule has 1 amide bonds. The predicted octanol–water partition coefficient (Wildman–Crippen LogP) is 1.09. The van der Waals surface area contributed by atoms with Crippen LogP contribution in [-0.4, -0.2) is 40.3 Å². The SMILES string of the molecule is O=C(O)c1cc(NC(=O)C2CCC(C(=O)O)O2)ccc1F. The standard InChI is InChI=1S/C13H12FNO6/c14-8-2-1-6(5-7(8)12(17)18)15-11(16)9-3-4-10(21-9)13(19)20/h1-2,5,9-10H,3-4H2,(H,15,16)(H,17,18)(H,19,20). The summed E-state index contributed by atoms with van der Waals surface area (Å²) in [5, 5.41) is 19.9. The molecule has 3 N–H and O–H groups in total. The van der Waals surface area contributed by atoms with E-state index in [-0.39, 0.29) is 18.5 Å². The van der Waals surface area contributed by atoms with Crippen molar-refractivity contribution in [3.63, 3.8) is 0 Å². The number of rotatable bonds is 4. The Morgan fingerprint density at radius 1 is 1.19 bits per heavy atom. The number of hydrogen-bond donors (Lipinski definition) is 3. The van der Waals surface area contributed by atoms with Crippen LogP contribution in [0.25, 0.3) is 0 Å². The lowest BCUT2D eigenvalue weighted by atomic mass is 10.1. The predicted molar refractivity (Wildman–Crippen MR) is 67.5 cm³/mol. The average molecular weight is 297 g/mol. The second kappa shape index (κ2) is 5.88. The van der Waals surface area contributed by atoms with Gasteiger partial charge in [-0.1, -0.05) is 0 Å². The molecule has 0 aliphatic carbocycles. The molecule has 1 heterocycles. The van der Waals surface area contributed by atoms with Crippen molar-refractivity contribution in [3.8, 4) is 0 Å². The monoisotopic (exact) mass is 297 g/mol. The van der Waals surface area contributed by atoms with Crippen LogP contribution in [0.4, 0.5) is 10.1 Å². The lowest BCUT2D eigenvalue weighted by Crippen LogP contribution is -2.30. The molecule has 1 aliphatic heterocycles. The van der Waals surface area contributed by atoms with Crippen LogP contribution in [0.5, 0.6) is 0 Å². The van der Waals surface area contributed by atoms with E-state index < -0.39 is 41.4 Å². The van der Waals surface area contributed by atoms with E-state index in [4.69, 9.17) is 14.9 Å². The summed E-state index contributed by atoms with van der Waals surface area (Å²) in [5.74, 6) is -4.10. The molecule has 7 nitrogen and oxygen atoms in total. The molecule has 8 heteroatoms. The third kappa shape index (κ3) is 3.34. The summed E-state index contributed by atoms with van der Waals surface area (Å²) in [6, 6.07) is 3.12. The minimum Gasteiger partial charge on any atom is -0.479 e. The van der Waals surface area contributed by atoms with Gasteiger partial charge in [0.15, 0.2) is 6.10 Å². The zero-order valence-corrected chi connectivity index (χ0v) is 10.7. The highest BCUT2D eigenvalue weighted by atomic mass is 19.1. The zero-order chi connectivity index (χ0) is 15.6. The van der Waals surface area contributed by atoms with Crippen LogP contribution in [0.2, 0.25) is 0 Å². The molecule has 2 unspecified atom stereocenters.